The minimum absolute atomic E-state index is 0.174. The second kappa shape index (κ2) is 6.00. The smallest absolute Gasteiger partial charge is 0.266 e. The molecule has 1 aromatic heterocycles. The summed E-state index contributed by atoms with van der Waals surface area (Å²) in [6, 6.07) is 11.4. The summed E-state index contributed by atoms with van der Waals surface area (Å²) in [6.07, 6.45) is 0. The predicted molar refractivity (Wildman–Crippen MR) is 97.0 cm³/mol. The number of carbonyl (C=O) groups is 1. The van der Waals surface area contributed by atoms with Crippen molar-refractivity contribution in [1.82, 2.24) is 0 Å². The van der Waals surface area contributed by atoms with Gasteiger partial charge in [0.2, 0.25) is 0 Å². The number of carbonyl (C=O) groups excluding carboxylic acids is 1. The lowest BCUT2D eigenvalue weighted by molar-refractivity contribution is 0.103. The van der Waals surface area contributed by atoms with Gasteiger partial charge >= 0.3 is 0 Å². The molecule has 0 saturated carbocycles. The number of anilines is 1. The summed E-state index contributed by atoms with van der Waals surface area (Å²) < 4.78 is 12.1. The first-order valence-electron chi connectivity index (χ1n) is 7.52. The average Bonchev–Trinajstić information content (AvgIpc) is 2.93. The van der Waals surface area contributed by atoms with Crippen LogP contribution in [-0.2, 0) is 0 Å². The molecule has 1 aliphatic heterocycles. The predicted octanol–water partition coefficient (Wildman–Crippen LogP) is 4.89. The molecule has 0 spiro atoms. The quantitative estimate of drug-likeness (QED) is 0.708. The normalized spacial score (nSPS) is 13.1. The van der Waals surface area contributed by atoms with Crippen molar-refractivity contribution < 1.29 is 14.3 Å². The molecule has 122 valence electrons. The van der Waals surface area contributed by atoms with Crippen molar-refractivity contribution in [1.29, 1.82) is 0 Å². The molecule has 2 heterocycles. The van der Waals surface area contributed by atoms with E-state index < -0.39 is 0 Å². The minimum Gasteiger partial charge on any atom is -0.486 e. The topological polar surface area (TPSA) is 47.6 Å². The molecule has 3 aromatic rings. The first kappa shape index (κ1) is 15.3. The number of benzene rings is 2. The summed E-state index contributed by atoms with van der Waals surface area (Å²) in [6.45, 7) is 2.94. The molecule has 1 N–H and O–H groups in total. The molecule has 2 aromatic carbocycles. The Morgan fingerprint density at radius 3 is 2.62 bits per heavy atom. The lowest BCUT2D eigenvalue weighted by atomic mass is 10.1. The van der Waals surface area contributed by atoms with Gasteiger partial charge in [-0.3, -0.25) is 4.79 Å². The van der Waals surface area contributed by atoms with Crippen LogP contribution in [0.25, 0.3) is 10.1 Å². The molecular weight excluding hydrogens is 346 g/mol. The Labute approximate surface area is 148 Å². The monoisotopic (exact) mass is 359 g/mol. The molecular formula is C18H14ClNO3S. The van der Waals surface area contributed by atoms with Crippen LogP contribution in [0.4, 0.5) is 5.69 Å². The maximum atomic E-state index is 12.7. The van der Waals surface area contributed by atoms with Gasteiger partial charge < -0.3 is 14.8 Å². The summed E-state index contributed by atoms with van der Waals surface area (Å²) >= 11 is 7.74. The van der Waals surface area contributed by atoms with E-state index in [2.05, 4.69) is 5.32 Å². The van der Waals surface area contributed by atoms with Crippen LogP contribution in [0.15, 0.2) is 36.4 Å². The summed E-state index contributed by atoms with van der Waals surface area (Å²) in [7, 11) is 0. The molecule has 0 atom stereocenters. The Morgan fingerprint density at radius 2 is 1.88 bits per heavy atom. The van der Waals surface area contributed by atoms with Crippen LogP contribution in [-0.4, -0.2) is 19.1 Å². The summed E-state index contributed by atoms with van der Waals surface area (Å²) in [5, 5.41) is 4.40. The van der Waals surface area contributed by atoms with E-state index in [-0.39, 0.29) is 5.91 Å². The fraction of sp³-hybridized carbons (Fsp3) is 0.167. The second-order valence-electron chi connectivity index (χ2n) is 5.48. The van der Waals surface area contributed by atoms with E-state index in [1.165, 1.54) is 11.3 Å². The van der Waals surface area contributed by atoms with Crippen molar-refractivity contribution in [2.45, 2.75) is 6.92 Å². The van der Waals surface area contributed by atoms with Gasteiger partial charge in [0, 0.05) is 16.8 Å². The number of nitrogens with one attached hydrogen (secondary N) is 1. The van der Waals surface area contributed by atoms with Crippen LogP contribution in [0.2, 0.25) is 5.02 Å². The van der Waals surface area contributed by atoms with Gasteiger partial charge in [-0.05, 0) is 23.9 Å². The van der Waals surface area contributed by atoms with E-state index in [1.54, 1.807) is 12.1 Å². The summed E-state index contributed by atoms with van der Waals surface area (Å²) in [5.74, 6) is 1.02. The van der Waals surface area contributed by atoms with Crippen LogP contribution in [0.1, 0.15) is 15.2 Å². The first-order valence-corrected chi connectivity index (χ1v) is 8.71. The molecule has 4 rings (SSSR count). The number of hydrogen-bond acceptors (Lipinski definition) is 4. The minimum atomic E-state index is -0.174. The van der Waals surface area contributed by atoms with Gasteiger partial charge in [0.1, 0.15) is 13.2 Å². The molecule has 0 radical (unpaired) electrons. The molecule has 1 amide bonds. The SMILES string of the molecule is Cc1c(C(=O)Nc2cc3c(cc2Cl)OCCO3)sc2ccccc12. The molecule has 0 saturated heterocycles. The molecule has 24 heavy (non-hydrogen) atoms. The third-order valence-electron chi connectivity index (χ3n) is 3.93. The number of thiophene rings is 1. The maximum Gasteiger partial charge on any atom is 0.266 e. The van der Waals surface area contributed by atoms with Gasteiger partial charge in [0.15, 0.2) is 11.5 Å². The zero-order valence-corrected chi connectivity index (χ0v) is 14.5. The van der Waals surface area contributed by atoms with E-state index in [0.29, 0.717) is 40.3 Å². The highest BCUT2D eigenvalue weighted by molar-refractivity contribution is 7.21. The van der Waals surface area contributed by atoms with Gasteiger partial charge in [-0.25, -0.2) is 0 Å². The number of amides is 1. The van der Waals surface area contributed by atoms with E-state index in [0.717, 1.165) is 15.6 Å². The van der Waals surface area contributed by atoms with Crippen molar-refractivity contribution >= 4 is 44.6 Å². The molecule has 6 heteroatoms. The fourth-order valence-electron chi connectivity index (χ4n) is 2.73. The lowest BCUT2D eigenvalue weighted by Gasteiger charge is -2.20. The first-order chi connectivity index (χ1) is 11.6. The highest BCUT2D eigenvalue weighted by Crippen LogP contribution is 2.38. The van der Waals surface area contributed by atoms with Gasteiger partial charge in [-0.2, -0.15) is 0 Å². The largest absolute Gasteiger partial charge is 0.486 e. The van der Waals surface area contributed by atoms with Gasteiger partial charge in [-0.15, -0.1) is 11.3 Å². The van der Waals surface area contributed by atoms with Crippen LogP contribution in [0.3, 0.4) is 0 Å². The van der Waals surface area contributed by atoms with Crippen LogP contribution in [0, 0.1) is 6.92 Å². The summed E-state index contributed by atoms with van der Waals surface area (Å²) in [4.78, 5) is 13.4. The van der Waals surface area contributed by atoms with Crippen LogP contribution >= 0.6 is 22.9 Å². The summed E-state index contributed by atoms with van der Waals surface area (Å²) in [5.41, 5.74) is 1.49. The molecule has 0 bridgehead atoms. The molecule has 0 aliphatic carbocycles. The average molecular weight is 360 g/mol. The number of hydrogen-bond donors (Lipinski definition) is 1. The third kappa shape index (κ3) is 2.60. The van der Waals surface area contributed by atoms with E-state index in [1.807, 2.05) is 31.2 Å². The number of ether oxygens (including phenoxy) is 2. The highest BCUT2D eigenvalue weighted by atomic mass is 35.5. The van der Waals surface area contributed by atoms with Crippen LogP contribution < -0.4 is 14.8 Å². The standard InChI is InChI=1S/C18H14ClNO3S/c1-10-11-4-2-3-5-16(11)24-17(10)18(21)20-13-9-15-14(8-12(13)19)22-6-7-23-15/h2-5,8-9H,6-7H2,1H3,(H,20,21). The van der Waals surface area contributed by atoms with E-state index in [9.17, 15) is 4.79 Å². The molecule has 1 aliphatic rings. The Balaban J connectivity index is 1.67. The number of rotatable bonds is 2. The van der Waals surface area contributed by atoms with Gasteiger partial charge in [0.25, 0.3) is 5.91 Å². The lowest BCUT2D eigenvalue weighted by Crippen LogP contribution is -2.16. The fourth-order valence-corrected chi connectivity index (χ4v) is 4.04. The second-order valence-corrected chi connectivity index (χ2v) is 6.94. The Hall–Kier alpha value is -2.24. The highest BCUT2D eigenvalue weighted by Gasteiger charge is 2.19. The molecule has 4 nitrogen and oxygen atoms in total. The van der Waals surface area contributed by atoms with Crippen molar-refractivity contribution in [2.24, 2.45) is 0 Å². The third-order valence-corrected chi connectivity index (χ3v) is 5.51. The van der Waals surface area contributed by atoms with Crippen molar-refractivity contribution in [2.75, 3.05) is 18.5 Å². The van der Waals surface area contributed by atoms with E-state index >= 15 is 0 Å². The number of fused-ring (bicyclic) bond motifs is 2. The zero-order chi connectivity index (χ0) is 16.7. The number of aryl methyl sites for hydroxylation is 1. The Kier molecular flexibility index (Phi) is 3.82. The van der Waals surface area contributed by atoms with Gasteiger partial charge in [-0.1, -0.05) is 29.8 Å². The Morgan fingerprint density at radius 1 is 1.17 bits per heavy atom. The zero-order valence-electron chi connectivity index (χ0n) is 12.9. The van der Waals surface area contributed by atoms with Crippen molar-refractivity contribution in [3.8, 4) is 11.5 Å². The molecule has 0 fully saturated rings. The Bertz CT molecular complexity index is 951. The maximum absolute atomic E-state index is 12.7. The van der Waals surface area contributed by atoms with Crippen LogP contribution in [0.5, 0.6) is 11.5 Å². The molecule has 0 unspecified atom stereocenters. The number of halogens is 1. The van der Waals surface area contributed by atoms with Crippen molar-refractivity contribution in [3.63, 3.8) is 0 Å². The van der Waals surface area contributed by atoms with Gasteiger partial charge in [0.05, 0.1) is 15.6 Å². The van der Waals surface area contributed by atoms with E-state index in [4.69, 9.17) is 21.1 Å². The van der Waals surface area contributed by atoms with Crippen molar-refractivity contribution in [3.05, 3.63) is 51.9 Å².